The Kier molecular flexibility index (Phi) is 5.33. The molecule has 3 nitrogen and oxygen atoms in total. The van der Waals surface area contributed by atoms with E-state index in [-0.39, 0.29) is 5.91 Å². The van der Waals surface area contributed by atoms with Crippen molar-refractivity contribution in [2.24, 2.45) is 0 Å². The van der Waals surface area contributed by atoms with Crippen molar-refractivity contribution in [2.75, 3.05) is 11.1 Å². The lowest BCUT2D eigenvalue weighted by Gasteiger charge is -2.12. The lowest BCUT2D eigenvalue weighted by molar-refractivity contribution is -0.113. The maximum atomic E-state index is 12.4. The molecule has 0 aliphatic carbocycles. The van der Waals surface area contributed by atoms with E-state index in [1.165, 1.54) is 33.8 Å². The molecule has 3 aromatic rings. The van der Waals surface area contributed by atoms with E-state index in [0.29, 0.717) is 5.75 Å². The highest BCUT2D eigenvalue weighted by Crippen LogP contribution is 2.27. The number of amides is 1. The average Bonchev–Trinajstić information content (AvgIpc) is 2.57. The van der Waals surface area contributed by atoms with E-state index in [4.69, 9.17) is 4.98 Å². The molecule has 0 bridgehead atoms. The maximum absolute atomic E-state index is 12.4. The van der Waals surface area contributed by atoms with Gasteiger partial charge in [0.15, 0.2) is 0 Å². The Balaban J connectivity index is 1.76. The van der Waals surface area contributed by atoms with Crippen molar-refractivity contribution in [3.63, 3.8) is 0 Å². The van der Waals surface area contributed by atoms with Crippen molar-refractivity contribution in [2.45, 2.75) is 39.6 Å². The van der Waals surface area contributed by atoms with Crippen LogP contribution in [0.15, 0.2) is 41.4 Å². The van der Waals surface area contributed by atoms with Crippen molar-refractivity contribution in [1.82, 2.24) is 4.98 Å². The van der Waals surface area contributed by atoms with Gasteiger partial charge >= 0.3 is 0 Å². The van der Waals surface area contributed by atoms with Gasteiger partial charge in [-0.2, -0.15) is 0 Å². The van der Waals surface area contributed by atoms with Crippen LogP contribution >= 0.6 is 11.8 Å². The van der Waals surface area contributed by atoms with Crippen molar-refractivity contribution in [3.8, 4) is 0 Å². The van der Waals surface area contributed by atoms with Crippen LogP contribution in [0.4, 0.5) is 5.69 Å². The summed E-state index contributed by atoms with van der Waals surface area (Å²) in [7, 11) is 0. The van der Waals surface area contributed by atoms with Crippen LogP contribution in [0.25, 0.3) is 10.9 Å². The Morgan fingerprint density at radius 3 is 2.35 bits per heavy atom. The molecule has 0 atom stereocenters. The first kappa shape index (κ1) is 18.5. The predicted octanol–water partition coefficient (Wildman–Crippen LogP) is 5.51. The largest absolute Gasteiger partial charge is 0.325 e. The number of aryl methyl sites for hydroxylation is 5. The molecular formula is C22H24N2OS. The summed E-state index contributed by atoms with van der Waals surface area (Å²) in [4.78, 5) is 17.2. The molecule has 134 valence electrons. The topological polar surface area (TPSA) is 42.0 Å². The number of hydrogen-bond donors (Lipinski definition) is 1. The fraction of sp³-hybridized carbons (Fsp3) is 0.273. The minimum atomic E-state index is -0.00687. The lowest BCUT2D eigenvalue weighted by Crippen LogP contribution is -2.15. The summed E-state index contributed by atoms with van der Waals surface area (Å²) >= 11 is 1.48. The third kappa shape index (κ3) is 3.91. The number of anilines is 1. The Labute approximate surface area is 159 Å². The number of carbonyl (C=O) groups is 1. The Hall–Kier alpha value is -2.33. The zero-order chi connectivity index (χ0) is 18.8. The summed E-state index contributed by atoms with van der Waals surface area (Å²) in [6, 6.07) is 12.4. The van der Waals surface area contributed by atoms with Crippen LogP contribution in [0.3, 0.4) is 0 Å². The maximum Gasteiger partial charge on any atom is 0.234 e. The molecule has 0 unspecified atom stereocenters. The number of benzene rings is 2. The number of fused-ring (bicyclic) bond motifs is 1. The number of carbonyl (C=O) groups excluding carboxylic acids is 1. The van der Waals surface area contributed by atoms with E-state index < -0.39 is 0 Å². The van der Waals surface area contributed by atoms with Gasteiger partial charge < -0.3 is 5.32 Å². The predicted molar refractivity (Wildman–Crippen MR) is 111 cm³/mol. The second kappa shape index (κ2) is 7.50. The van der Waals surface area contributed by atoms with Gasteiger partial charge in [-0.1, -0.05) is 41.6 Å². The molecule has 1 amide bonds. The number of para-hydroxylation sites is 1. The molecule has 0 saturated heterocycles. The third-order valence-electron chi connectivity index (χ3n) is 4.53. The Bertz CT molecular complexity index is 975. The van der Waals surface area contributed by atoms with Gasteiger partial charge in [-0.05, 0) is 69.0 Å². The Morgan fingerprint density at radius 2 is 1.65 bits per heavy atom. The average molecular weight is 365 g/mol. The van der Waals surface area contributed by atoms with E-state index in [1.54, 1.807) is 0 Å². The zero-order valence-electron chi connectivity index (χ0n) is 15.9. The van der Waals surface area contributed by atoms with Gasteiger partial charge in [-0.15, -0.1) is 0 Å². The highest BCUT2D eigenvalue weighted by Gasteiger charge is 2.11. The summed E-state index contributed by atoms with van der Waals surface area (Å²) in [6.07, 6.45) is 0. The minimum absolute atomic E-state index is 0.00687. The molecule has 0 fully saturated rings. The molecule has 4 heteroatoms. The van der Waals surface area contributed by atoms with Crippen LogP contribution in [0, 0.1) is 34.6 Å². The Morgan fingerprint density at radius 1 is 0.962 bits per heavy atom. The summed E-state index contributed by atoms with van der Waals surface area (Å²) in [5, 5.41) is 5.11. The highest BCUT2D eigenvalue weighted by molar-refractivity contribution is 7.99. The molecule has 1 aromatic heterocycles. The van der Waals surface area contributed by atoms with Crippen LogP contribution in [-0.4, -0.2) is 16.6 Å². The molecule has 0 aliphatic heterocycles. The second-order valence-electron chi connectivity index (χ2n) is 6.86. The van der Waals surface area contributed by atoms with Gasteiger partial charge in [-0.3, -0.25) is 4.79 Å². The highest BCUT2D eigenvalue weighted by atomic mass is 32.2. The summed E-state index contributed by atoms with van der Waals surface area (Å²) in [5.41, 5.74) is 7.70. The van der Waals surface area contributed by atoms with Gasteiger partial charge in [0.05, 0.1) is 16.3 Å². The number of rotatable bonds is 4. The molecule has 0 saturated carbocycles. The van der Waals surface area contributed by atoms with E-state index >= 15 is 0 Å². The number of aromatic nitrogens is 1. The SMILES string of the molecule is Cc1cc(C)c2nc(SCC(=O)Nc3c(C)cccc3C)cc(C)c2c1. The molecular weight excluding hydrogens is 340 g/mol. The van der Waals surface area contributed by atoms with Gasteiger partial charge in [0.1, 0.15) is 0 Å². The minimum Gasteiger partial charge on any atom is -0.325 e. The fourth-order valence-electron chi connectivity index (χ4n) is 3.21. The van der Waals surface area contributed by atoms with Gasteiger partial charge in [0, 0.05) is 11.1 Å². The number of nitrogens with one attached hydrogen (secondary N) is 1. The summed E-state index contributed by atoms with van der Waals surface area (Å²) in [5.74, 6) is 0.337. The molecule has 26 heavy (non-hydrogen) atoms. The number of pyridine rings is 1. The molecule has 1 heterocycles. The molecule has 0 spiro atoms. The van der Waals surface area contributed by atoms with Crippen LogP contribution in [0.2, 0.25) is 0 Å². The first-order valence-corrected chi connectivity index (χ1v) is 9.71. The van der Waals surface area contributed by atoms with Gasteiger partial charge in [-0.25, -0.2) is 4.98 Å². The van der Waals surface area contributed by atoms with Crippen molar-refractivity contribution in [1.29, 1.82) is 0 Å². The van der Waals surface area contributed by atoms with Gasteiger partial charge in [0.2, 0.25) is 5.91 Å². The summed E-state index contributed by atoms with van der Waals surface area (Å²) in [6.45, 7) is 10.3. The van der Waals surface area contributed by atoms with Crippen LogP contribution in [0.1, 0.15) is 27.8 Å². The van der Waals surface area contributed by atoms with E-state index in [0.717, 1.165) is 27.4 Å². The third-order valence-corrected chi connectivity index (χ3v) is 5.44. The van der Waals surface area contributed by atoms with Crippen LogP contribution in [-0.2, 0) is 4.79 Å². The molecule has 2 aromatic carbocycles. The molecule has 3 rings (SSSR count). The van der Waals surface area contributed by atoms with E-state index in [9.17, 15) is 4.79 Å². The van der Waals surface area contributed by atoms with Gasteiger partial charge in [0.25, 0.3) is 0 Å². The monoisotopic (exact) mass is 364 g/mol. The quantitative estimate of drug-likeness (QED) is 0.621. The van der Waals surface area contributed by atoms with Crippen molar-refractivity contribution in [3.05, 3.63) is 64.2 Å². The normalized spacial score (nSPS) is 11.0. The van der Waals surface area contributed by atoms with Crippen LogP contribution in [0.5, 0.6) is 0 Å². The first-order valence-electron chi connectivity index (χ1n) is 8.72. The number of hydrogen-bond acceptors (Lipinski definition) is 3. The molecule has 0 aliphatic rings. The molecule has 0 radical (unpaired) electrons. The standard InChI is InChI=1S/C22H24N2OS/c1-13-9-17(5)22-18(10-13)16(4)11-20(24-22)26-12-19(25)23-21-14(2)7-6-8-15(21)3/h6-11H,12H2,1-5H3,(H,23,25). The zero-order valence-corrected chi connectivity index (χ0v) is 16.8. The summed E-state index contributed by atoms with van der Waals surface area (Å²) < 4.78 is 0. The second-order valence-corrected chi connectivity index (χ2v) is 7.85. The van der Waals surface area contributed by atoms with E-state index in [1.807, 2.05) is 32.0 Å². The lowest BCUT2D eigenvalue weighted by atomic mass is 10.0. The van der Waals surface area contributed by atoms with Crippen LogP contribution < -0.4 is 5.32 Å². The smallest absolute Gasteiger partial charge is 0.234 e. The number of nitrogens with zero attached hydrogens (tertiary/aromatic N) is 1. The molecule has 1 N–H and O–H groups in total. The first-order chi connectivity index (χ1) is 12.3. The van der Waals surface area contributed by atoms with E-state index in [2.05, 4.69) is 44.3 Å². The van der Waals surface area contributed by atoms with Crippen molar-refractivity contribution < 1.29 is 4.79 Å². The fourth-order valence-corrected chi connectivity index (χ4v) is 3.98. The number of thioether (sulfide) groups is 1. The van der Waals surface area contributed by atoms with Crippen molar-refractivity contribution >= 4 is 34.3 Å².